The van der Waals surface area contributed by atoms with Crippen LogP contribution in [0.1, 0.15) is 56.0 Å². The average Bonchev–Trinajstić information content (AvgIpc) is 3.28. The highest BCUT2D eigenvalue weighted by molar-refractivity contribution is 5.94. The van der Waals surface area contributed by atoms with Gasteiger partial charge in [-0.25, -0.2) is 14.8 Å². The van der Waals surface area contributed by atoms with Crippen molar-refractivity contribution in [1.29, 1.82) is 0 Å². The molecule has 1 aliphatic heterocycles. The molecule has 128 valence electrons. The minimum absolute atomic E-state index is 0.0532. The van der Waals surface area contributed by atoms with Gasteiger partial charge in [0.1, 0.15) is 11.9 Å². The molecular weight excluding hydrogens is 306 g/mol. The number of urea groups is 1. The number of anilines is 1. The third-order valence-electron chi connectivity index (χ3n) is 5.21. The first-order valence-corrected chi connectivity index (χ1v) is 8.83. The van der Waals surface area contributed by atoms with E-state index >= 15 is 0 Å². The molecule has 1 aromatic heterocycles. The van der Waals surface area contributed by atoms with Crippen molar-refractivity contribution in [2.24, 2.45) is 0 Å². The Morgan fingerprint density at radius 1 is 1.25 bits per heavy atom. The lowest BCUT2D eigenvalue weighted by Gasteiger charge is -2.34. The van der Waals surface area contributed by atoms with Gasteiger partial charge >= 0.3 is 6.03 Å². The smallest absolute Gasteiger partial charge is 0.319 e. The zero-order valence-electron chi connectivity index (χ0n) is 13.9. The number of aromatic nitrogens is 2. The first-order valence-electron chi connectivity index (χ1n) is 8.83. The van der Waals surface area contributed by atoms with Crippen LogP contribution in [0.3, 0.4) is 0 Å². The molecule has 2 aliphatic carbocycles. The zero-order valence-corrected chi connectivity index (χ0v) is 13.9. The summed E-state index contributed by atoms with van der Waals surface area (Å²) in [5.41, 5.74) is 1.56. The Balaban J connectivity index is 1.38. The third kappa shape index (κ3) is 2.95. The predicted octanol–water partition coefficient (Wildman–Crippen LogP) is 1.94. The van der Waals surface area contributed by atoms with Crippen molar-refractivity contribution in [3.05, 3.63) is 17.7 Å². The van der Waals surface area contributed by atoms with Crippen LogP contribution in [0.5, 0.6) is 0 Å². The molecule has 3 fully saturated rings. The van der Waals surface area contributed by atoms with Crippen LogP contribution in [0.4, 0.5) is 10.5 Å². The molecule has 1 aromatic rings. The maximum atomic E-state index is 12.4. The van der Waals surface area contributed by atoms with Crippen LogP contribution in [-0.2, 0) is 4.79 Å². The lowest BCUT2D eigenvalue weighted by molar-refractivity contribution is -0.132. The van der Waals surface area contributed by atoms with E-state index in [1.165, 1.54) is 6.42 Å². The highest BCUT2D eigenvalue weighted by Gasteiger charge is 2.38. The molecule has 0 aromatic carbocycles. The molecule has 1 saturated heterocycles. The van der Waals surface area contributed by atoms with Crippen LogP contribution in [0.25, 0.3) is 0 Å². The van der Waals surface area contributed by atoms with Gasteiger partial charge in [-0.1, -0.05) is 0 Å². The van der Waals surface area contributed by atoms with Crippen molar-refractivity contribution in [2.75, 3.05) is 11.9 Å². The number of amides is 3. The van der Waals surface area contributed by atoms with Gasteiger partial charge in [0.2, 0.25) is 5.91 Å². The second kappa shape index (κ2) is 6.03. The first-order chi connectivity index (χ1) is 11.6. The fraction of sp³-hybridized carbons (Fsp3) is 0.647. The van der Waals surface area contributed by atoms with E-state index in [9.17, 15) is 9.59 Å². The summed E-state index contributed by atoms with van der Waals surface area (Å²) < 4.78 is 0. The molecule has 2 saturated carbocycles. The van der Waals surface area contributed by atoms with Gasteiger partial charge in [-0.05, 0) is 45.4 Å². The molecular formula is C17H23N5O2. The van der Waals surface area contributed by atoms with E-state index in [2.05, 4.69) is 20.6 Å². The minimum atomic E-state index is -0.415. The van der Waals surface area contributed by atoms with Crippen molar-refractivity contribution in [2.45, 2.75) is 63.5 Å². The summed E-state index contributed by atoms with van der Waals surface area (Å²) >= 11 is 0. The van der Waals surface area contributed by atoms with Gasteiger partial charge in [0.15, 0.2) is 0 Å². The molecule has 4 rings (SSSR count). The number of hydrogen-bond donors (Lipinski definition) is 2. The largest absolute Gasteiger partial charge is 0.338 e. The number of hydrogen-bond acceptors (Lipinski definition) is 4. The summed E-state index contributed by atoms with van der Waals surface area (Å²) in [5, 5.41) is 5.65. The number of carbonyl (C=O) groups is 2. The monoisotopic (exact) mass is 329 g/mol. The van der Waals surface area contributed by atoms with E-state index in [0.29, 0.717) is 29.9 Å². The number of nitrogens with one attached hydrogen (secondary N) is 2. The van der Waals surface area contributed by atoms with Gasteiger partial charge in [-0.3, -0.25) is 4.79 Å². The minimum Gasteiger partial charge on any atom is -0.338 e. The van der Waals surface area contributed by atoms with Crippen molar-refractivity contribution in [3.8, 4) is 0 Å². The summed E-state index contributed by atoms with van der Waals surface area (Å²) in [6, 6.07) is -0.376. The van der Waals surface area contributed by atoms with Gasteiger partial charge in [0.25, 0.3) is 0 Å². The van der Waals surface area contributed by atoms with Crippen LogP contribution in [0, 0.1) is 6.92 Å². The molecule has 0 radical (unpaired) electrons. The Kier molecular flexibility index (Phi) is 3.86. The molecule has 7 nitrogen and oxygen atoms in total. The van der Waals surface area contributed by atoms with Crippen molar-refractivity contribution >= 4 is 17.6 Å². The van der Waals surface area contributed by atoms with Crippen LogP contribution < -0.4 is 10.6 Å². The third-order valence-corrected chi connectivity index (χ3v) is 5.21. The van der Waals surface area contributed by atoms with Crippen molar-refractivity contribution < 1.29 is 9.59 Å². The zero-order chi connectivity index (χ0) is 16.7. The van der Waals surface area contributed by atoms with Gasteiger partial charge in [-0.2, -0.15) is 0 Å². The Labute approximate surface area is 141 Å². The normalized spacial score (nSPS) is 24.0. The summed E-state index contributed by atoms with van der Waals surface area (Å²) in [4.78, 5) is 35.3. The van der Waals surface area contributed by atoms with E-state index in [0.717, 1.165) is 37.9 Å². The average molecular weight is 329 g/mol. The lowest BCUT2D eigenvalue weighted by Crippen LogP contribution is -2.47. The number of rotatable bonds is 4. The Morgan fingerprint density at radius 2 is 2.04 bits per heavy atom. The molecule has 24 heavy (non-hydrogen) atoms. The van der Waals surface area contributed by atoms with E-state index < -0.39 is 6.04 Å². The molecule has 1 atom stereocenters. The Bertz CT molecular complexity index is 669. The standard InChI is InChI=1S/C17H23N5O2/c1-10-18-9-14(15(19-10)11-5-6-11)21-17(24)20-13-7-8-22(16(13)23)12-3-2-4-12/h9,11-13H,2-8H2,1H3,(H2,20,21,24). The van der Waals surface area contributed by atoms with E-state index in [-0.39, 0.29) is 11.9 Å². The number of nitrogens with zero attached hydrogens (tertiary/aromatic N) is 3. The van der Waals surface area contributed by atoms with E-state index in [1.807, 2.05) is 11.8 Å². The van der Waals surface area contributed by atoms with Crippen LogP contribution in [0.15, 0.2) is 6.20 Å². The van der Waals surface area contributed by atoms with Crippen LogP contribution in [-0.4, -0.2) is 45.4 Å². The molecule has 2 heterocycles. The Morgan fingerprint density at radius 3 is 2.71 bits per heavy atom. The second-order valence-corrected chi connectivity index (χ2v) is 7.05. The predicted molar refractivity (Wildman–Crippen MR) is 88.7 cm³/mol. The number of likely N-dealkylation sites (tertiary alicyclic amines) is 1. The van der Waals surface area contributed by atoms with Crippen molar-refractivity contribution in [3.63, 3.8) is 0 Å². The summed E-state index contributed by atoms with van der Waals surface area (Å²) in [5.74, 6) is 1.19. The molecule has 0 spiro atoms. The first kappa shape index (κ1) is 15.4. The molecule has 3 aliphatic rings. The van der Waals surface area contributed by atoms with E-state index in [1.54, 1.807) is 6.20 Å². The fourth-order valence-electron chi connectivity index (χ4n) is 3.47. The maximum Gasteiger partial charge on any atom is 0.319 e. The molecule has 1 unspecified atom stereocenters. The summed E-state index contributed by atoms with van der Waals surface area (Å²) in [7, 11) is 0. The Hall–Kier alpha value is -2.18. The summed E-state index contributed by atoms with van der Waals surface area (Å²) in [6.45, 7) is 2.59. The van der Waals surface area contributed by atoms with E-state index in [4.69, 9.17) is 0 Å². The fourth-order valence-corrected chi connectivity index (χ4v) is 3.47. The van der Waals surface area contributed by atoms with Gasteiger partial charge < -0.3 is 15.5 Å². The SMILES string of the molecule is Cc1ncc(NC(=O)NC2CCN(C3CCC3)C2=O)c(C2CC2)n1. The highest BCUT2D eigenvalue weighted by Crippen LogP contribution is 2.42. The molecule has 7 heteroatoms. The summed E-state index contributed by atoms with van der Waals surface area (Å²) in [6.07, 6.45) is 7.93. The molecule has 3 amide bonds. The maximum absolute atomic E-state index is 12.4. The highest BCUT2D eigenvalue weighted by atomic mass is 16.2. The molecule has 2 N–H and O–H groups in total. The van der Waals surface area contributed by atoms with Gasteiger partial charge in [0, 0.05) is 18.5 Å². The number of aryl methyl sites for hydroxylation is 1. The van der Waals surface area contributed by atoms with Crippen molar-refractivity contribution in [1.82, 2.24) is 20.2 Å². The second-order valence-electron chi connectivity index (χ2n) is 7.05. The number of carbonyl (C=O) groups excluding carboxylic acids is 2. The van der Waals surface area contributed by atoms with Gasteiger partial charge in [-0.15, -0.1) is 0 Å². The van der Waals surface area contributed by atoms with Crippen LogP contribution in [0.2, 0.25) is 0 Å². The lowest BCUT2D eigenvalue weighted by atomic mass is 9.92. The topological polar surface area (TPSA) is 87.2 Å². The van der Waals surface area contributed by atoms with Crippen LogP contribution >= 0.6 is 0 Å². The molecule has 0 bridgehead atoms. The van der Waals surface area contributed by atoms with Gasteiger partial charge in [0.05, 0.1) is 17.6 Å². The quantitative estimate of drug-likeness (QED) is 0.884.